The monoisotopic (exact) mass is 293 g/mol. The molecule has 0 aliphatic carbocycles. The van der Waals surface area contributed by atoms with E-state index in [1.54, 1.807) is 30.5 Å². The lowest BCUT2D eigenvalue weighted by atomic mass is 10.0. The molecule has 0 saturated heterocycles. The van der Waals surface area contributed by atoms with Crippen LogP contribution in [-0.2, 0) is 4.79 Å². The number of carbonyl (C=O) groups is 2. The maximum atomic E-state index is 11.2. The van der Waals surface area contributed by atoms with E-state index in [2.05, 4.69) is 22.1 Å². The Labute approximate surface area is 128 Å². The van der Waals surface area contributed by atoms with E-state index in [4.69, 9.17) is 5.73 Å². The minimum atomic E-state index is -0.482. The quantitative estimate of drug-likeness (QED) is 0.829. The Balaban J connectivity index is 2.24. The second-order valence-corrected chi connectivity index (χ2v) is 4.76. The second kappa shape index (κ2) is 6.55. The van der Waals surface area contributed by atoms with Crippen LogP contribution in [0.1, 0.15) is 34.0 Å². The lowest BCUT2D eigenvalue weighted by Gasteiger charge is -2.01. The topological polar surface area (TPSA) is 85.1 Å². The molecular formula is C17H15N3O2. The van der Waals surface area contributed by atoms with Crippen molar-refractivity contribution in [1.29, 1.82) is 0 Å². The van der Waals surface area contributed by atoms with Crippen molar-refractivity contribution in [2.24, 2.45) is 5.73 Å². The molecule has 1 heterocycles. The maximum Gasteiger partial charge on any atom is 0.248 e. The molecule has 3 N–H and O–H groups in total. The van der Waals surface area contributed by atoms with Gasteiger partial charge in [-0.05, 0) is 36.8 Å². The molecule has 0 bridgehead atoms. The molecule has 0 unspecified atom stereocenters. The summed E-state index contributed by atoms with van der Waals surface area (Å²) < 4.78 is 0. The van der Waals surface area contributed by atoms with E-state index in [9.17, 15) is 9.59 Å². The summed E-state index contributed by atoms with van der Waals surface area (Å²) in [4.78, 5) is 26.2. The summed E-state index contributed by atoms with van der Waals surface area (Å²) in [5, 5.41) is 2.59. The molecule has 5 heteroatoms. The summed E-state index contributed by atoms with van der Waals surface area (Å²) >= 11 is 0. The van der Waals surface area contributed by atoms with E-state index < -0.39 is 5.91 Å². The number of nitrogens with two attached hydrogens (primary N) is 1. The van der Waals surface area contributed by atoms with Crippen molar-refractivity contribution in [3.8, 4) is 11.8 Å². The number of hydrogen-bond acceptors (Lipinski definition) is 3. The van der Waals surface area contributed by atoms with Crippen LogP contribution >= 0.6 is 0 Å². The van der Waals surface area contributed by atoms with Gasteiger partial charge in [0.2, 0.25) is 11.8 Å². The highest BCUT2D eigenvalue weighted by atomic mass is 16.1. The highest BCUT2D eigenvalue weighted by Crippen LogP contribution is 2.10. The third-order valence-electron chi connectivity index (χ3n) is 2.93. The Bertz CT molecular complexity index is 784. The minimum absolute atomic E-state index is 0.176. The average molecular weight is 293 g/mol. The van der Waals surface area contributed by atoms with Crippen LogP contribution in [-0.4, -0.2) is 16.8 Å². The van der Waals surface area contributed by atoms with Gasteiger partial charge in [0.25, 0.3) is 0 Å². The predicted octanol–water partition coefficient (Wildman–Crippen LogP) is 1.85. The Morgan fingerprint density at radius 1 is 1.18 bits per heavy atom. The van der Waals surface area contributed by atoms with E-state index in [0.29, 0.717) is 16.9 Å². The lowest BCUT2D eigenvalue weighted by molar-refractivity contribution is -0.114. The van der Waals surface area contributed by atoms with Gasteiger partial charge in [-0.1, -0.05) is 17.9 Å². The number of nitrogens with one attached hydrogen (secondary N) is 1. The van der Waals surface area contributed by atoms with E-state index in [1.807, 2.05) is 13.0 Å². The number of nitrogens with zero attached hydrogens (tertiary/aromatic N) is 1. The first-order valence-electron chi connectivity index (χ1n) is 6.62. The maximum absolute atomic E-state index is 11.2. The van der Waals surface area contributed by atoms with Crippen LogP contribution < -0.4 is 11.1 Å². The molecule has 1 aromatic carbocycles. The summed E-state index contributed by atoms with van der Waals surface area (Å²) in [5.41, 5.74) is 8.09. The number of pyridine rings is 1. The molecule has 0 aliphatic heterocycles. The molecule has 0 atom stereocenters. The van der Waals surface area contributed by atoms with Gasteiger partial charge >= 0.3 is 0 Å². The van der Waals surface area contributed by atoms with Crippen molar-refractivity contribution in [3.63, 3.8) is 0 Å². The van der Waals surface area contributed by atoms with Crippen LogP contribution in [0, 0.1) is 18.8 Å². The Kier molecular flexibility index (Phi) is 4.54. The summed E-state index contributed by atoms with van der Waals surface area (Å²) in [7, 11) is 0. The molecule has 110 valence electrons. The Hall–Kier alpha value is -3.13. The molecule has 2 rings (SSSR count). The fraction of sp³-hybridized carbons (Fsp3) is 0.118. The van der Waals surface area contributed by atoms with E-state index in [0.717, 1.165) is 11.1 Å². The molecule has 0 aliphatic rings. The number of aromatic nitrogens is 1. The van der Waals surface area contributed by atoms with Crippen LogP contribution in [0.3, 0.4) is 0 Å². The number of carbonyl (C=O) groups excluding carboxylic acids is 2. The van der Waals surface area contributed by atoms with Gasteiger partial charge in [0.15, 0.2) is 0 Å². The zero-order chi connectivity index (χ0) is 16.1. The molecular weight excluding hydrogens is 278 g/mol. The van der Waals surface area contributed by atoms with Gasteiger partial charge in [0.05, 0.1) is 0 Å². The Morgan fingerprint density at radius 3 is 2.55 bits per heavy atom. The van der Waals surface area contributed by atoms with Crippen molar-refractivity contribution in [2.45, 2.75) is 13.8 Å². The smallest absolute Gasteiger partial charge is 0.248 e. The summed E-state index contributed by atoms with van der Waals surface area (Å²) in [6.07, 6.45) is 1.57. The molecule has 1 aromatic heterocycles. The molecule has 2 amide bonds. The minimum Gasteiger partial charge on any atom is -0.366 e. The highest BCUT2D eigenvalue weighted by molar-refractivity contribution is 5.93. The van der Waals surface area contributed by atoms with Crippen LogP contribution in [0.15, 0.2) is 36.5 Å². The van der Waals surface area contributed by atoms with Gasteiger partial charge in [0, 0.05) is 29.8 Å². The van der Waals surface area contributed by atoms with Gasteiger partial charge in [-0.2, -0.15) is 0 Å². The van der Waals surface area contributed by atoms with E-state index in [1.165, 1.54) is 6.92 Å². The van der Waals surface area contributed by atoms with Gasteiger partial charge in [0.1, 0.15) is 5.82 Å². The first-order chi connectivity index (χ1) is 10.5. The largest absolute Gasteiger partial charge is 0.366 e. The predicted molar refractivity (Wildman–Crippen MR) is 84.2 cm³/mol. The zero-order valence-corrected chi connectivity index (χ0v) is 12.3. The number of benzene rings is 1. The molecule has 2 aromatic rings. The van der Waals surface area contributed by atoms with Crippen molar-refractivity contribution in [3.05, 3.63) is 58.8 Å². The SMILES string of the molecule is CC(=O)Nc1ccc(C#Cc2cc(C(N)=O)ccc2C)cn1. The summed E-state index contributed by atoms with van der Waals surface area (Å²) in [6.45, 7) is 3.33. The third-order valence-corrected chi connectivity index (χ3v) is 2.93. The van der Waals surface area contributed by atoms with Gasteiger partial charge in [-0.15, -0.1) is 0 Å². The number of primary amides is 1. The number of amides is 2. The van der Waals surface area contributed by atoms with Gasteiger partial charge in [-0.3, -0.25) is 9.59 Å². The molecule has 22 heavy (non-hydrogen) atoms. The summed E-state index contributed by atoms with van der Waals surface area (Å²) in [6, 6.07) is 8.59. The molecule has 0 saturated carbocycles. The number of hydrogen-bond donors (Lipinski definition) is 2. The normalized spacial score (nSPS) is 9.55. The first kappa shape index (κ1) is 15.3. The molecule has 0 radical (unpaired) electrons. The van der Waals surface area contributed by atoms with Crippen molar-refractivity contribution in [2.75, 3.05) is 5.32 Å². The van der Waals surface area contributed by atoms with Crippen LogP contribution in [0.25, 0.3) is 0 Å². The number of rotatable bonds is 2. The van der Waals surface area contributed by atoms with Gasteiger partial charge in [-0.25, -0.2) is 4.98 Å². The van der Waals surface area contributed by atoms with Crippen molar-refractivity contribution < 1.29 is 9.59 Å². The fourth-order valence-electron chi connectivity index (χ4n) is 1.77. The lowest BCUT2D eigenvalue weighted by Crippen LogP contribution is -2.11. The van der Waals surface area contributed by atoms with Crippen LogP contribution in [0.5, 0.6) is 0 Å². The Morgan fingerprint density at radius 2 is 1.95 bits per heavy atom. The van der Waals surface area contributed by atoms with Gasteiger partial charge < -0.3 is 11.1 Å². The zero-order valence-electron chi connectivity index (χ0n) is 12.3. The van der Waals surface area contributed by atoms with Crippen LogP contribution in [0.2, 0.25) is 0 Å². The van der Waals surface area contributed by atoms with Crippen molar-refractivity contribution >= 4 is 17.6 Å². The first-order valence-corrected chi connectivity index (χ1v) is 6.62. The average Bonchev–Trinajstić information content (AvgIpc) is 2.47. The number of anilines is 1. The highest BCUT2D eigenvalue weighted by Gasteiger charge is 2.02. The van der Waals surface area contributed by atoms with Crippen LogP contribution in [0.4, 0.5) is 5.82 Å². The third kappa shape index (κ3) is 3.93. The van der Waals surface area contributed by atoms with E-state index >= 15 is 0 Å². The summed E-state index contributed by atoms with van der Waals surface area (Å²) in [5.74, 6) is 5.79. The second-order valence-electron chi connectivity index (χ2n) is 4.76. The van der Waals surface area contributed by atoms with E-state index in [-0.39, 0.29) is 5.91 Å². The van der Waals surface area contributed by atoms with Crippen molar-refractivity contribution in [1.82, 2.24) is 4.98 Å². The molecule has 5 nitrogen and oxygen atoms in total. The fourth-order valence-corrected chi connectivity index (χ4v) is 1.77. The standard InChI is InChI=1S/C17H15N3O2/c1-11-3-6-15(17(18)22)9-14(11)7-4-13-5-8-16(19-10-13)20-12(2)21/h3,5-6,8-10H,1-2H3,(H2,18,22)(H,19,20,21). The molecule has 0 spiro atoms. The number of aryl methyl sites for hydroxylation is 1. The molecule has 0 fully saturated rings.